The molecule has 0 aliphatic carbocycles. The molecule has 5 N–H and O–H groups in total. The molecular weight excluding hydrogens is 1120 g/mol. The Morgan fingerprint density at radius 3 is 1.32 bits per heavy atom. The van der Waals surface area contributed by atoms with Gasteiger partial charge in [0.15, 0.2) is 25.7 Å². The summed E-state index contributed by atoms with van der Waals surface area (Å²) < 4.78 is 9.03. The van der Waals surface area contributed by atoms with Gasteiger partial charge in [-0.2, -0.15) is 5.26 Å². The van der Waals surface area contributed by atoms with Crippen molar-refractivity contribution in [3.8, 4) is 6.07 Å². The summed E-state index contributed by atoms with van der Waals surface area (Å²) in [6, 6.07) is 32.4. The average Bonchev–Trinajstić information content (AvgIpc) is 4.45. The lowest BCUT2D eigenvalue weighted by Crippen LogP contribution is -2.30. The fraction of sp³-hybridized carbons (Fsp3) is 0.119. The van der Waals surface area contributed by atoms with Crippen LogP contribution in [0.25, 0.3) is 43.6 Å². The van der Waals surface area contributed by atoms with Crippen molar-refractivity contribution in [3.05, 3.63) is 208 Å². The van der Waals surface area contributed by atoms with Crippen molar-refractivity contribution in [1.82, 2.24) is 45.2 Å². The minimum absolute atomic E-state index is 0.00523. The van der Waals surface area contributed by atoms with Crippen molar-refractivity contribution in [1.29, 1.82) is 5.26 Å². The van der Waals surface area contributed by atoms with Crippen molar-refractivity contribution in [2.75, 3.05) is 20.8 Å². The third-order valence-electron chi connectivity index (χ3n) is 12.3. The molecule has 4 aromatic carbocycles. The molecule has 0 spiro atoms. The Morgan fingerprint density at radius 2 is 0.902 bits per heavy atom. The summed E-state index contributed by atoms with van der Waals surface area (Å²) in [7, 11) is 2.56. The number of aromatic amines is 4. The predicted octanol–water partition coefficient (Wildman–Crippen LogP) is 11.0. The Kier molecular flexibility index (Phi) is 18.0. The van der Waals surface area contributed by atoms with Gasteiger partial charge in [0.1, 0.15) is 18.3 Å². The summed E-state index contributed by atoms with van der Waals surface area (Å²) in [5.74, 6) is -1.68. The highest BCUT2D eigenvalue weighted by atomic mass is 32.1. The van der Waals surface area contributed by atoms with Crippen LogP contribution in [0.5, 0.6) is 0 Å². The lowest BCUT2D eigenvalue weighted by Gasteiger charge is -2.00. The van der Waals surface area contributed by atoms with Crippen molar-refractivity contribution >= 4 is 130 Å². The van der Waals surface area contributed by atoms with Crippen LogP contribution in [0.3, 0.4) is 0 Å². The van der Waals surface area contributed by atoms with E-state index in [1.54, 1.807) is 35.5 Å². The van der Waals surface area contributed by atoms with Gasteiger partial charge in [0.25, 0.3) is 5.91 Å². The second-order valence-corrected chi connectivity index (χ2v) is 21.3. The van der Waals surface area contributed by atoms with E-state index in [9.17, 15) is 33.6 Å². The number of hydrogen-bond acceptors (Lipinski definition) is 18. The standard InChI is InChI=1S/C16H13N3O4S.C15H12N2O3S.C15H14N2OS.C13H7N3OS/c1-23-13(20)7-18-15(22)12-8-24-16(19-12)14(21)10-6-17-11-5-3-2-4-9(10)11;1-20-13(18)6-9-8-21-15(17-9)14(19)11-7-16-12-5-3-2-4-10(11)12;1-9(2)13-8-19-15(17-13)14(18)11-7-16-12-6-4-3-5-10(11)12;14-5-8-7-18-13(16-8)12(17)10-6-15-11-4-2-1-3-9(10)11/h2-6,8,17H,7H2,1H3,(H,18,22);2-5,7-8,16H,6H2,1H3;3-9,16H,1-2H3;1-4,6-7,15H. The van der Waals surface area contributed by atoms with Gasteiger partial charge in [-0.3, -0.25) is 33.6 Å². The number of aromatic nitrogens is 8. The molecule has 1 amide bonds. The third kappa shape index (κ3) is 12.9. The molecule has 82 heavy (non-hydrogen) atoms. The highest BCUT2D eigenvalue weighted by Gasteiger charge is 2.23. The summed E-state index contributed by atoms with van der Waals surface area (Å²) in [6.07, 6.45) is 6.85. The molecule has 19 nitrogen and oxygen atoms in total. The number of esters is 2. The quantitative estimate of drug-likeness (QED) is 0.0500. The minimum atomic E-state index is -0.561. The number of nitrogens with one attached hydrogen (secondary N) is 5. The fourth-order valence-electron chi connectivity index (χ4n) is 8.09. The number of hydrogen-bond donors (Lipinski definition) is 5. The monoisotopic (exact) mass is 1170 g/mol. The van der Waals surface area contributed by atoms with Gasteiger partial charge in [0.2, 0.25) is 23.1 Å². The molecule has 0 unspecified atom stereocenters. The lowest BCUT2D eigenvalue weighted by molar-refractivity contribution is -0.140. The van der Waals surface area contributed by atoms with Crippen molar-refractivity contribution < 1.29 is 43.0 Å². The van der Waals surface area contributed by atoms with E-state index >= 15 is 0 Å². The largest absolute Gasteiger partial charge is 0.469 e. The molecular formula is C59H46N10O9S4. The van der Waals surface area contributed by atoms with Crippen LogP contribution in [0.15, 0.2) is 143 Å². The number of benzene rings is 4. The second kappa shape index (κ2) is 25.9. The van der Waals surface area contributed by atoms with Gasteiger partial charge < -0.3 is 34.7 Å². The molecule has 23 heteroatoms. The summed E-state index contributed by atoms with van der Waals surface area (Å²) >= 11 is 4.93. The Bertz CT molecular complexity index is 4370. The zero-order valence-electron chi connectivity index (χ0n) is 43.9. The van der Waals surface area contributed by atoms with Gasteiger partial charge in [-0.05, 0) is 30.2 Å². The number of rotatable bonds is 14. The van der Waals surface area contributed by atoms with Crippen LogP contribution in [-0.4, -0.2) is 102 Å². The number of ketones is 4. The molecule has 0 radical (unpaired) electrons. The van der Waals surface area contributed by atoms with Gasteiger partial charge in [0, 0.05) is 89.9 Å². The number of carbonyl (C=O) groups excluding carboxylic acids is 7. The van der Waals surface area contributed by atoms with Gasteiger partial charge in [-0.1, -0.05) is 86.6 Å². The first-order valence-corrected chi connectivity index (χ1v) is 28.3. The topological polar surface area (TPSA) is 288 Å². The Morgan fingerprint density at radius 1 is 0.512 bits per heavy atom. The van der Waals surface area contributed by atoms with Crippen LogP contribution in [0.2, 0.25) is 0 Å². The fourth-order valence-corrected chi connectivity index (χ4v) is 11.2. The number of amides is 1. The normalized spacial score (nSPS) is 10.7. The summed E-state index contributed by atoms with van der Waals surface area (Å²) in [4.78, 5) is 113. The van der Waals surface area contributed by atoms with E-state index in [2.05, 4.69) is 68.5 Å². The number of nitriles is 1. The molecule has 8 aromatic heterocycles. The first kappa shape index (κ1) is 56.8. The molecule has 8 heterocycles. The molecule has 0 atom stereocenters. The molecule has 12 rings (SSSR count). The Hall–Kier alpha value is -9.86. The number of ether oxygens (including phenoxy) is 2. The molecule has 12 aromatic rings. The molecule has 0 aliphatic heterocycles. The first-order valence-electron chi connectivity index (χ1n) is 24.8. The summed E-state index contributed by atoms with van der Waals surface area (Å²) in [5.41, 5.74) is 7.93. The SMILES string of the molecule is CC(C)c1csc(C(=O)c2c[nH]c3ccccc23)n1.COC(=O)CNC(=O)c1csc(C(=O)c2c[nH]c3ccccc23)n1.COC(=O)Cc1csc(C(=O)c2c[nH]c3ccccc23)n1.N#Cc1csc(C(=O)c2c[nH]c3ccccc23)n1. The molecule has 0 saturated heterocycles. The number of H-pyrrole nitrogens is 4. The average molecular weight is 1170 g/mol. The predicted molar refractivity (Wildman–Crippen MR) is 314 cm³/mol. The van der Waals surface area contributed by atoms with Gasteiger partial charge in [0.05, 0.1) is 54.3 Å². The molecule has 0 aliphatic rings. The van der Waals surface area contributed by atoms with Gasteiger partial charge in [-0.25, -0.2) is 19.9 Å². The molecule has 0 saturated carbocycles. The number of thiazole rings is 4. The van der Waals surface area contributed by atoms with Crippen LogP contribution >= 0.6 is 45.3 Å². The van der Waals surface area contributed by atoms with E-state index < -0.39 is 11.9 Å². The highest BCUT2D eigenvalue weighted by molar-refractivity contribution is 7.13. The van der Waals surface area contributed by atoms with E-state index in [4.69, 9.17) is 5.26 Å². The van der Waals surface area contributed by atoms with E-state index in [0.717, 1.165) is 60.6 Å². The first-order chi connectivity index (χ1) is 39.7. The van der Waals surface area contributed by atoms with Crippen molar-refractivity contribution in [2.45, 2.75) is 26.2 Å². The number of carbonyl (C=O) groups is 7. The van der Waals surface area contributed by atoms with Crippen LogP contribution in [0, 0.1) is 11.3 Å². The Balaban J connectivity index is 0.000000132. The van der Waals surface area contributed by atoms with Crippen molar-refractivity contribution in [2.24, 2.45) is 0 Å². The molecule has 0 bridgehead atoms. The maximum atomic E-state index is 12.6. The molecule has 410 valence electrons. The second-order valence-electron chi connectivity index (χ2n) is 17.9. The van der Waals surface area contributed by atoms with Crippen molar-refractivity contribution in [3.63, 3.8) is 0 Å². The van der Waals surface area contributed by atoms with Gasteiger partial charge in [-0.15, -0.1) is 45.3 Å². The van der Waals surface area contributed by atoms with Crippen LogP contribution in [0.4, 0.5) is 0 Å². The minimum Gasteiger partial charge on any atom is -0.469 e. The van der Waals surface area contributed by atoms with E-state index in [1.165, 1.54) is 53.6 Å². The Labute approximate surface area is 482 Å². The highest BCUT2D eigenvalue weighted by Crippen LogP contribution is 2.27. The van der Waals surface area contributed by atoms with E-state index in [1.807, 2.05) is 109 Å². The zero-order valence-corrected chi connectivity index (χ0v) is 47.2. The van der Waals surface area contributed by atoms with Gasteiger partial charge >= 0.3 is 11.9 Å². The maximum Gasteiger partial charge on any atom is 0.325 e. The van der Waals surface area contributed by atoms with Crippen LogP contribution < -0.4 is 5.32 Å². The number of nitrogens with zero attached hydrogens (tertiary/aromatic N) is 5. The zero-order chi connectivity index (χ0) is 57.9. The number of fused-ring (bicyclic) bond motifs is 4. The smallest absolute Gasteiger partial charge is 0.325 e. The third-order valence-corrected chi connectivity index (χ3v) is 15.7. The summed E-state index contributed by atoms with van der Waals surface area (Å²) in [5, 5.41) is 22.8. The number of methoxy groups -OCH3 is 2. The van der Waals surface area contributed by atoms with Crippen LogP contribution in [0.1, 0.15) is 109 Å². The van der Waals surface area contributed by atoms with Crippen LogP contribution in [-0.2, 0) is 25.5 Å². The summed E-state index contributed by atoms with van der Waals surface area (Å²) in [6.45, 7) is 3.91. The van der Waals surface area contributed by atoms with E-state index in [0.29, 0.717) is 48.9 Å². The number of para-hydroxylation sites is 4. The lowest BCUT2D eigenvalue weighted by atomic mass is 10.1. The molecule has 0 fully saturated rings. The maximum absolute atomic E-state index is 12.6. The van der Waals surface area contributed by atoms with E-state index in [-0.39, 0.29) is 58.5 Å².